The van der Waals surface area contributed by atoms with Crippen molar-refractivity contribution in [2.75, 3.05) is 32.1 Å². The van der Waals surface area contributed by atoms with Gasteiger partial charge in [-0.1, -0.05) is 20.8 Å². The van der Waals surface area contributed by atoms with Crippen molar-refractivity contribution in [2.45, 2.75) is 39.5 Å². The Hall–Kier alpha value is -1.62. The van der Waals surface area contributed by atoms with E-state index in [9.17, 15) is 4.79 Å². The Morgan fingerprint density at radius 2 is 2.05 bits per heavy atom. The predicted molar refractivity (Wildman–Crippen MR) is 85.9 cm³/mol. The molecule has 21 heavy (non-hydrogen) atoms. The minimum Gasteiger partial charge on any atom is -0.382 e. The van der Waals surface area contributed by atoms with Crippen molar-refractivity contribution in [3.8, 4) is 0 Å². The van der Waals surface area contributed by atoms with Gasteiger partial charge in [0.05, 0.1) is 0 Å². The van der Waals surface area contributed by atoms with E-state index in [2.05, 4.69) is 36.4 Å². The summed E-state index contributed by atoms with van der Waals surface area (Å²) in [6.45, 7) is 10.2. The predicted octanol–water partition coefficient (Wildman–Crippen LogP) is 2.58. The van der Waals surface area contributed by atoms with Crippen LogP contribution in [0.3, 0.4) is 0 Å². The van der Waals surface area contributed by atoms with Crippen molar-refractivity contribution in [3.63, 3.8) is 0 Å². The van der Waals surface area contributed by atoms with Gasteiger partial charge >= 0.3 is 0 Å². The molecule has 118 valence electrons. The van der Waals surface area contributed by atoms with Crippen LogP contribution in [0.4, 0.5) is 5.82 Å². The summed E-state index contributed by atoms with van der Waals surface area (Å²) in [5.41, 5.74) is 1.43. The molecular formula is C16H27N3O2. The Balaban J connectivity index is 2.74. The molecule has 1 aromatic heterocycles. The van der Waals surface area contributed by atoms with Crippen LogP contribution in [0.15, 0.2) is 12.1 Å². The Morgan fingerprint density at radius 3 is 2.62 bits per heavy atom. The van der Waals surface area contributed by atoms with Gasteiger partial charge in [-0.25, -0.2) is 4.98 Å². The van der Waals surface area contributed by atoms with Gasteiger partial charge < -0.3 is 15.4 Å². The number of ether oxygens (including phenoxy) is 1. The summed E-state index contributed by atoms with van der Waals surface area (Å²) in [6.07, 6.45) is 0.815. The molecule has 0 bridgehead atoms. The van der Waals surface area contributed by atoms with Crippen molar-refractivity contribution in [1.29, 1.82) is 0 Å². The Bertz CT molecular complexity index is 467. The van der Waals surface area contributed by atoms with E-state index in [1.807, 2.05) is 13.0 Å². The van der Waals surface area contributed by atoms with Crippen LogP contribution in [0, 0.1) is 0 Å². The Labute approximate surface area is 127 Å². The summed E-state index contributed by atoms with van der Waals surface area (Å²) in [4.78, 5) is 16.7. The zero-order valence-corrected chi connectivity index (χ0v) is 13.7. The Kier molecular flexibility index (Phi) is 6.62. The van der Waals surface area contributed by atoms with Crippen LogP contribution in [0.2, 0.25) is 0 Å². The van der Waals surface area contributed by atoms with Gasteiger partial charge in [-0.05, 0) is 25.5 Å². The monoisotopic (exact) mass is 293 g/mol. The molecule has 2 N–H and O–H groups in total. The molecule has 5 nitrogen and oxygen atoms in total. The fraction of sp³-hybridized carbons (Fsp3) is 0.625. The average molecular weight is 293 g/mol. The van der Waals surface area contributed by atoms with E-state index >= 15 is 0 Å². The second-order valence-electron chi connectivity index (χ2n) is 5.93. The lowest BCUT2D eigenvalue weighted by molar-refractivity contribution is 0.0944. The number of anilines is 1. The quantitative estimate of drug-likeness (QED) is 0.758. The highest BCUT2D eigenvalue weighted by atomic mass is 16.5. The number of nitrogens with zero attached hydrogens (tertiary/aromatic N) is 1. The second-order valence-corrected chi connectivity index (χ2v) is 5.93. The average Bonchev–Trinajstić information content (AvgIpc) is 2.45. The molecule has 0 spiro atoms. The maximum Gasteiger partial charge on any atom is 0.251 e. The van der Waals surface area contributed by atoms with E-state index < -0.39 is 0 Å². The fourth-order valence-electron chi connectivity index (χ4n) is 1.80. The number of aromatic nitrogens is 1. The molecule has 0 saturated carbocycles. The minimum absolute atomic E-state index is 0.0732. The maximum atomic E-state index is 12.2. The summed E-state index contributed by atoms with van der Waals surface area (Å²) in [5, 5.41) is 5.92. The lowest BCUT2D eigenvalue weighted by Crippen LogP contribution is -2.26. The van der Waals surface area contributed by atoms with Gasteiger partial charge in [-0.15, -0.1) is 0 Å². The minimum atomic E-state index is -0.100. The number of amides is 1. The van der Waals surface area contributed by atoms with Gasteiger partial charge in [0.2, 0.25) is 0 Å². The fourth-order valence-corrected chi connectivity index (χ4v) is 1.80. The van der Waals surface area contributed by atoms with Gasteiger partial charge in [0.15, 0.2) is 0 Å². The number of nitrogens with one attached hydrogen (secondary N) is 2. The topological polar surface area (TPSA) is 63.2 Å². The van der Waals surface area contributed by atoms with Crippen LogP contribution in [0.1, 0.15) is 50.2 Å². The van der Waals surface area contributed by atoms with Gasteiger partial charge in [0, 0.05) is 43.5 Å². The SMILES string of the molecule is CCOCCCNC(=O)c1cc(NC)nc(C(C)(C)C)c1. The van der Waals surface area contributed by atoms with Crippen LogP contribution < -0.4 is 10.6 Å². The van der Waals surface area contributed by atoms with E-state index in [4.69, 9.17) is 4.74 Å². The maximum absolute atomic E-state index is 12.2. The van der Waals surface area contributed by atoms with E-state index in [0.717, 1.165) is 12.1 Å². The largest absolute Gasteiger partial charge is 0.382 e. The first-order valence-electron chi connectivity index (χ1n) is 7.44. The number of hydrogen-bond acceptors (Lipinski definition) is 4. The van der Waals surface area contributed by atoms with Crippen LogP contribution in [-0.2, 0) is 10.2 Å². The standard InChI is InChI=1S/C16H27N3O2/c1-6-21-9-7-8-18-15(20)12-10-13(16(2,3)4)19-14(11-12)17-5/h10-11H,6-9H2,1-5H3,(H,17,19)(H,18,20). The number of rotatable bonds is 7. The molecular weight excluding hydrogens is 266 g/mol. The van der Waals surface area contributed by atoms with Crippen LogP contribution in [0.5, 0.6) is 0 Å². The van der Waals surface area contributed by atoms with Gasteiger partial charge in [-0.2, -0.15) is 0 Å². The third-order valence-electron chi connectivity index (χ3n) is 3.07. The lowest BCUT2D eigenvalue weighted by Gasteiger charge is -2.19. The van der Waals surface area contributed by atoms with Crippen LogP contribution >= 0.6 is 0 Å². The first kappa shape index (κ1) is 17.4. The first-order chi connectivity index (χ1) is 9.88. The highest BCUT2D eigenvalue weighted by molar-refractivity contribution is 5.95. The van der Waals surface area contributed by atoms with Crippen molar-refractivity contribution in [1.82, 2.24) is 10.3 Å². The third kappa shape index (κ3) is 5.71. The van der Waals surface area contributed by atoms with Crippen LogP contribution in [0.25, 0.3) is 0 Å². The molecule has 1 rings (SSSR count). The van der Waals surface area contributed by atoms with Crippen LogP contribution in [-0.4, -0.2) is 37.7 Å². The van der Waals surface area contributed by atoms with E-state index in [1.165, 1.54) is 0 Å². The highest BCUT2D eigenvalue weighted by Crippen LogP contribution is 2.23. The number of carbonyl (C=O) groups excluding carboxylic acids is 1. The molecule has 0 saturated heterocycles. The number of carbonyl (C=O) groups is 1. The molecule has 1 heterocycles. The van der Waals surface area contributed by atoms with E-state index in [1.54, 1.807) is 13.1 Å². The number of hydrogen-bond donors (Lipinski definition) is 2. The summed E-state index contributed by atoms with van der Waals surface area (Å²) < 4.78 is 5.25. The van der Waals surface area contributed by atoms with E-state index in [0.29, 0.717) is 31.1 Å². The van der Waals surface area contributed by atoms with Gasteiger partial charge in [-0.3, -0.25) is 4.79 Å². The molecule has 0 aliphatic heterocycles. The third-order valence-corrected chi connectivity index (χ3v) is 3.07. The molecule has 0 atom stereocenters. The second kappa shape index (κ2) is 7.98. The number of pyridine rings is 1. The van der Waals surface area contributed by atoms with Crippen molar-refractivity contribution in [2.24, 2.45) is 0 Å². The normalized spacial score (nSPS) is 11.3. The zero-order chi connectivity index (χ0) is 15.9. The molecule has 0 fully saturated rings. The Morgan fingerprint density at radius 1 is 1.33 bits per heavy atom. The summed E-state index contributed by atoms with van der Waals surface area (Å²) >= 11 is 0. The van der Waals surface area contributed by atoms with Crippen molar-refractivity contribution >= 4 is 11.7 Å². The molecule has 5 heteroatoms. The molecule has 0 aliphatic rings. The first-order valence-corrected chi connectivity index (χ1v) is 7.44. The molecule has 1 aromatic rings. The molecule has 0 aromatic carbocycles. The molecule has 0 aliphatic carbocycles. The molecule has 0 unspecified atom stereocenters. The lowest BCUT2D eigenvalue weighted by atomic mass is 9.90. The van der Waals surface area contributed by atoms with Crippen molar-refractivity contribution in [3.05, 3.63) is 23.4 Å². The van der Waals surface area contributed by atoms with Gasteiger partial charge in [0.25, 0.3) is 5.91 Å². The summed E-state index contributed by atoms with van der Waals surface area (Å²) in [7, 11) is 1.80. The zero-order valence-electron chi connectivity index (χ0n) is 13.7. The molecule has 1 amide bonds. The summed E-state index contributed by atoms with van der Waals surface area (Å²) in [6, 6.07) is 3.63. The highest BCUT2D eigenvalue weighted by Gasteiger charge is 2.19. The van der Waals surface area contributed by atoms with E-state index in [-0.39, 0.29) is 11.3 Å². The smallest absolute Gasteiger partial charge is 0.251 e. The van der Waals surface area contributed by atoms with Crippen molar-refractivity contribution < 1.29 is 9.53 Å². The summed E-state index contributed by atoms with van der Waals surface area (Å²) in [5.74, 6) is 0.637. The van der Waals surface area contributed by atoms with Gasteiger partial charge in [0.1, 0.15) is 5.82 Å². The molecule has 0 radical (unpaired) electrons.